The van der Waals surface area contributed by atoms with Crippen LogP contribution in [-0.4, -0.2) is 35.9 Å². The Hall–Kier alpha value is -2.57. The van der Waals surface area contributed by atoms with Gasteiger partial charge in [0.25, 0.3) is 5.91 Å². The first-order chi connectivity index (χ1) is 12.1. The summed E-state index contributed by atoms with van der Waals surface area (Å²) in [5, 5.41) is 5.85. The molecule has 4 N–H and O–H groups in total. The van der Waals surface area contributed by atoms with Crippen molar-refractivity contribution in [1.82, 2.24) is 10.6 Å². The summed E-state index contributed by atoms with van der Waals surface area (Å²) in [4.78, 5) is 35.3. The van der Waals surface area contributed by atoms with Gasteiger partial charge in [-0.3, -0.25) is 14.4 Å². The highest BCUT2D eigenvalue weighted by atomic mass is 16.5. The molecule has 1 aliphatic rings. The number of carbonyl (C=O) groups is 3. The van der Waals surface area contributed by atoms with Gasteiger partial charge in [-0.25, -0.2) is 0 Å². The molecule has 1 aromatic carbocycles. The minimum atomic E-state index is -0.621. The van der Waals surface area contributed by atoms with Crippen molar-refractivity contribution in [2.45, 2.75) is 45.7 Å². The van der Waals surface area contributed by atoms with Gasteiger partial charge in [-0.1, -0.05) is 6.92 Å². The first kappa shape index (κ1) is 19.8. The molecule has 7 nitrogen and oxygen atoms in total. The molecule has 1 saturated carbocycles. The van der Waals surface area contributed by atoms with E-state index in [1.54, 1.807) is 12.1 Å². The lowest BCUT2D eigenvalue weighted by atomic mass is 9.95. The topological polar surface area (TPSA) is 111 Å². The van der Waals surface area contributed by atoms with Crippen LogP contribution in [-0.2, 0) is 9.59 Å². The minimum Gasteiger partial charge on any atom is -0.484 e. The van der Waals surface area contributed by atoms with Gasteiger partial charge in [-0.15, -0.1) is 0 Å². The quantitative estimate of drug-likeness (QED) is 0.646. The molecule has 26 heavy (non-hydrogen) atoms. The molecule has 0 saturated heterocycles. The van der Waals surface area contributed by atoms with Gasteiger partial charge in [-0.2, -0.15) is 0 Å². The molecule has 0 heterocycles. The van der Waals surface area contributed by atoms with E-state index in [1.807, 2.05) is 20.8 Å². The first-order valence-corrected chi connectivity index (χ1v) is 8.74. The third-order valence-corrected chi connectivity index (χ3v) is 4.86. The lowest BCUT2D eigenvalue weighted by Crippen LogP contribution is -2.58. The molecule has 1 aromatic rings. The van der Waals surface area contributed by atoms with E-state index in [0.717, 1.165) is 6.42 Å². The number of primary amides is 1. The smallest absolute Gasteiger partial charge is 0.258 e. The van der Waals surface area contributed by atoms with E-state index in [2.05, 4.69) is 17.6 Å². The van der Waals surface area contributed by atoms with Crippen LogP contribution >= 0.6 is 0 Å². The third kappa shape index (κ3) is 5.21. The Bertz CT molecular complexity index is 685. The van der Waals surface area contributed by atoms with E-state index in [-0.39, 0.29) is 30.4 Å². The summed E-state index contributed by atoms with van der Waals surface area (Å²) >= 11 is 0. The molecule has 2 rings (SSSR count). The Kier molecular flexibility index (Phi) is 5.90. The Labute approximate surface area is 153 Å². The Morgan fingerprint density at radius 2 is 1.85 bits per heavy atom. The van der Waals surface area contributed by atoms with E-state index in [1.165, 1.54) is 12.1 Å². The number of carbonyl (C=O) groups excluding carboxylic acids is 3. The number of amides is 3. The second-order valence-corrected chi connectivity index (χ2v) is 7.50. The molecule has 1 unspecified atom stereocenters. The van der Waals surface area contributed by atoms with Crippen molar-refractivity contribution in [1.29, 1.82) is 0 Å². The molecule has 1 aliphatic carbocycles. The van der Waals surface area contributed by atoms with Crippen LogP contribution in [0, 0.1) is 11.8 Å². The standard InChI is InChI=1S/C19H27N3O4/c1-11-9-15(11)18(25)21-12(2)19(3,4)22-16(23)10-26-14-7-5-13(6-8-14)17(20)24/h5-8,11-12,15H,9-10H2,1-4H3,(H2,20,24)(H,21,25)(H,22,23)/t11-,12?,15+/m0/s1. The predicted octanol–water partition coefficient (Wildman–Crippen LogP) is 1.22. The van der Waals surface area contributed by atoms with E-state index in [0.29, 0.717) is 17.2 Å². The molecule has 3 amide bonds. The number of ether oxygens (including phenoxy) is 1. The van der Waals surface area contributed by atoms with Crippen molar-refractivity contribution in [3.05, 3.63) is 29.8 Å². The Morgan fingerprint density at radius 3 is 2.35 bits per heavy atom. The van der Waals surface area contributed by atoms with Crippen molar-refractivity contribution in [2.75, 3.05) is 6.61 Å². The van der Waals surface area contributed by atoms with Crippen LogP contribution in [0.2, 0.25) is 0 Å². The highest BCUT2D eigenvalue weighted by molar-refractivity contribution is 5.92. The maximum atomic E-state index is 12.2. The summed E-state index contributed by atoms with van der Waals surface area (Å²) < 4.78 is 5.42. The summed E-state index contributed by atoms with van der Waals surface area (Å²) in [6.45, 7) is 7.46. The predicted molar refractivity (Wildman–Crippen MR) is 97.6 cm³/mol. The molecular weight excluding hydrogens is 334 g/mol. The number of nitrogens with one attached hydrogen (secondary N) is 2. The average molecular weight is 361 g/mol. The molecule has 0 aromatic heterocycles. The fourth-order valence-electron chi connectivity index (χ4n) is 2.56. The van der Waals surface area contributed by atoms with Crippen molar-refractivity contribution in [3.63, 3.8) is 0 Å². The maximum absolute atomic E-state index is 12.2. The summed E-state index contributed by atoms with van der Waals surface area (Å²) in [5.74, 6) is 0.220. The van der Waals surface area contributed by atoms with Gasteiger partial charge in [0.1, 0.15) is 5.75 Å². The van der Waals surface area contributed by atoms with Crippen LogP contribution in [0.4, 0.5) is 0 Å². The fourth-order valence-corrected chi connectivity index (χ4v) is 2.56. The van der Waals surface area contributed by atoms with E-state index in [4.69, 9.17) is 10.5 Å². The molecule has 0 spiro atoms. The van der Waals surface area contributed by atoms with Crippen molar-refractivity contribution < 1.29 is 19.1 Å². The summed E-state index contributed by atoms with van der Waals surface area (Å²) in [7, 11) is 0. The number of rotatable bonds is 8. The van der Waals surface area contributed by atoms with Gasteiger partial charge in [0.05, 0.1) is 5.54 Å². The second kappa shape index (κ2) is 7.76. The fraction of sp³-hybridized carbons (Fsp3) is 0.526. The van der Waals surface area contributed by atoms with Gasteiger partial charge in [-0.05, 0) is 57.4 Å². The SMILES string of the molecule is CC(NC(=O)[C@@H]1C[C@@H]1C)C(C)(C)NC(=O)COc1ccc(C(N)=O)cc1. The van der Waals surface area contributed by atoms with E-state index in [9.17, 15) is 14.4 Å². The maximum Gasteiger partial charge on any atom is 0.258 e. The van der Waals surface area contributed by atoms with E-state index < -0.39 is 11.4 Å². The Morgan fingerprint density at radius 1 is 1.27 bits per heavy atom. The van der Waals surface area contributed by atoms with Gasteiger partial charge in [0, 0.05) is 17.5 Å². The molecule has 0 bridgehead atoms. The van der Waals surface area contributed by atoms with Crippen LogP contribution in [0.3, 0.4) is 0 Å². The van der Waals surface area contributed by atoms with Gasteiger partial charge in [0.2, 0.25) is 11.8 Å². The van der Waals surface area contributed by atoms with Crippen LogP contribution in [0.25, 0.3) is 0 Å². The molecule has 7 heteroatoms. The molecule has 3 atom stereocenters. The molecule has 0 radical (unpaired) electrons. The summed E-state index contributed by atoms with van der Waals surface area (Å²) in [6, 6.07) is 6.02. The van der Waals surface area contributed by atoms with Crippen LogP contribution in [0.5, 0.6) is 5.75 Å². The highest BCUT2D eigenvalue weighted by Crippen LogP contribution is 2.37. The van der Waals surface area contributed by atoms with Crippen molar-refractivity contribution >= 4 is 17.7 Å². The largest absolute Gasteiger partial charge is 0.484 e. The summed E-state index contributed by atoms with van der Waals surface area (Å²) in [5.41, 5.74) is 4.93. The van der Waals surface area contributed by atoms with E-state index >= 15 is 0 Å². The van der Waals surface area contributed by atoms with Gasteiger partial charge < -0.3 is 21.1 Å². The highest BCUT2D eigenvalue weighted by Gasteiger charge is 2.41. The van der Waals surface area contributed by atoms with Crippen LogP contribution < -0.4 is 21.1 Å². The first-order valence-electron chi connectivity index (χ1n) is 8.74. The van der Waals surface area contributed by atoms with Crippen molar-refractivity contribution in [3.8, 4) is 5.75 Å². The molecule has 0 aliphatic heterocycles. The van der Waals surface area contributed by atoms with Crippen molar-refractivity contribution in [2.24, 2.45) is 17.6 Å². The zero-order valence-corrected chi connectivity index (χ0v) is 15.7. The lowest BCUT2D eigenvalue weighted by molar-refractivity contribution is -0.127. The minimum absolute atomic E-state index is 0.0399. The zero-order chi connectivity index (χ0) is 19.5. The van der Waals surface area contributed by atoms with Gasteiger partial charge in [0.15, 0.2) is 6.61 Å². The average Bonchev–Trinajstić information content (AvgIpc) is 3.29. The summed E-state index contributed by atoms with van der Waals surface area (Å²) in [6.07, 6.45) is 0.924. The lowest BCUT2D eigenvalue weighted by Gasteiger charge is -2.33. The second-order valence-electron chi connectivity index (χ2n) is 7.50. The normalized spacial score (nSPS) is 20.0. The third-order valence-electron chi connectivity index (χ3n) is 4.86. The monoisotopic (exact) mass is 361 g/mol. The number of hydrogen-bond donors (Lipinski definition) is 3. The Balaban J connectivity index is 1.81. The number of nitrogens with two attached hydrogens (primary N) is 1. The molecule has 1 fully saturated rings. The molecular formula is C19H27N3O4. The van der Waals surface area contributed by atoms with Gasteiger partial charge >= 0.3 is 0 Å². The zero-order valence-electron chi connectivity index (χ0n) is 15.7. The van der Waals surface area contributed by atoms with Crippen LogP contribution in [0.15, 0.2) is 24.3 Å². The van der Waals surface area contributed by atoms with Crippen LogP contribution in [0.1, 0.15) is 44.5 Å². The molecule has 142 valence electrons. The number of benzene rings is 1. The number of hydrogen-bond acceptors (Lipinski definition) is 4.